The number of nitrogens with one attached hydrogen (secondary N) is 1. The minimum atomic E-state index is -0.435. The second kappa shape index (κ2) is 7.23. The maximum absolute atomic E-state index is 12.8. The molecule has 2 heterocycles. The Balaban J connectivity index is 1.49. The van der Waals surface area contributed by atoms with E-state index in [-0.39, 0.29) is 5.92 Å². The minimum Gasteiger partial charge on any atom is -0.360 e. The van der Waals surface area contributed by atoms with Crippen LogP contribution in [0, 0.1) is 5.92 Å². The highest BCUT2D eigenvalue weighted by Crippen LogP contribution is 2.26. The number of nitrogens with zero attached hydrogens (tertiary/aromatic N) is 1. The lowest BCUT2D eigenvalue weighted by atomic mass is 9.91. The first-order chi connectivity index (χ1) is 13.1. The molecule has 1 atom stereocenters. The SMILES string of the molecule is CC1CN(C(=O)C(=O)c2c[nH]c3ccccc23)CC/C1=C\c1ccccc1. The highest BCUT2D eigenvalue weighted by molar-refractivity contribution is 6.44. The van der Waals surface area contributed by atoms with Gasteiger partial charge in [-0.25, -0.2) is 0 Å². The third-order valence-electron chi connectivity index (χ3n) is 5.26. The number of aromatic amines is 1. The van der Waals surface area contributed by atoms with E-state index in [1.165, 1.54) is 11.1 Å². The predicted molar refractivity (Wildman–Crippen MR) is 107 cm³/mol. The maximum atomic E-state index is 12.8. The summed E-state index contributed by atoms with van der Waals surface area (Å²) in [7, 11) is 0. The summed E-state index contributed by atoms with van der Waals surface area (Å²) in [4.78, 5) is 30.3. The number of likely N-dealkylation sites (tertiary alicyclic amines) is 1. The molecule has 0 bridgehead atoms. The van der Waals surface area contributed by atoms with E-state index >= 15 is 0 Å². The standard InChI is InChI=1S/C23H22N2O2/c1-16-15-25(12-11-18(16)13-17-7-3-2-4-8-17)23(27)22(26)20-14-24-21-10-6-5-9-19(20)21/h2-10,13-14,16,24H,11-12,15H2,1H3/b18-13+. The summed E-state index contributed by atoms with van der Waals surface area (Å²) >= 11 is 0. The number of ketones is 1. The van der Waals surface area contributed by atoms with Crippen LogP contribution in [0.1, 0.15) is 29.3 Å². The van der Waals surface area contributed by atoms with Crippen LogP contribution in [-0.2, 0) is 4.79 Å². The lowest BCUT2D eigenvalue weighted by Crippen LogP contribution is -2.43. The van der Waals surface area contributed by atoms with Crippen molar-refractivity contribution >= 4 is 28.7 Å². The van der Waals surface area contributed by atoms with Crippen molar-refractivity contribution in [2.45, 2.75) is 13.3 Å². The first-order valence-electron chi connectivity index (χ1n) is 9.28. The lowest BCUT2D eigenvalue weighted by molar-refractivity contribution is -0.127. The molecule has 0 saturated carbocycles. The van der Waals surface area contributed by atoms with Crippen LogP contribution in [-0.4, -0.2) is 34.7 Å². The number of carbonyl (C=O) groups excluding carboxylic acids is 2. The Bertz CT molecular complexity index is 1020. The van der Waals surface area contributed by atoms with Crippen LogP contribution >= 0.6 is 0 Å². The number of carbonyl (C=O) groups is 2. The fourth-order valence-corrected chi connectivity index (χ4v) is 3.73. The molecule has 0 radical (unpaired) electrons. The zero-order valence-electron chi connectivity index (χ0n) is 15.3. The van der Waals surface area contributed by atoms with E-state index < -0.39 is 11.7 Å². The summed E-state index contributed by atoms with van der Waals surface area (Å²) < 4.78 is 0. The van der Waals surface area contributed by atoms with Gasteiger partial charge in [0, 0.05) is 30.2 Å². The Labute approximate surface area is 158 Å². The molecule has 1 unspecified atom stereocenters. The van der Waals surface area contributed by atoms with Crippen molar-refractivity contribution in [3.63, 3.8) is 0 Å². The van der Waals surface area contributed by atoms with Gasteiger partial charge in [-0.1, -0.05) is 67.1 Å². The average Bonchev–Trinajstić information content (AvgIpc) is 3.13. The fraction of sp³-hybridized carbons (Fsp3) is 0.217. The molecule has 4 rings (SSSR count). The van der Waals surface area contributed by atoms with Gasteiger partial charge in [-0.2, -0.15) is 0 Å². The fourth-order valence-electron chi connectivity index (χ4n) is 3.73. The van der Waals surface area contributed by atoms with Crippen LogP contribution in [0.5, 0.6) is 0 Å². The molecule has 1 aromatic heterocycles. The third kappa shape index (κ3) is 3.43. The number of H-pyrrole nitrogens is 1. The van der Waals surface area contributed by atoms with Crippen molar-refractivity contribution in [2.75, 3.05) is 13.1 Å². The molecule has 27 heavy (non-hydrogen) atoms. The van der Waals surface area contributed by atoms with Gasteiger partial charge in [0.05, 0.1) is 5.56 Å². The number of aromatic nitrogens is 1. The number of piperidine rings is 1. The quantitative estimate of drug-likeness (QED) is 0.560. The van der Waals surface area contributed by atoms with Crippen molar-refractivity contribution < 1.29 is 9.59 Å². The van der Waals surface area contributed by atoms with Gasteiger partial charge in [-0.15, -0.1) is 0 Å². The second-order valence-corrected chi connectivity index (χ2v) is 7.11. The summed E-state index contributed by atoms with van der Waals surface area (Å²) in [6.07, 6.45) is 4.63. The van der Waals surface area contributed by atoms with Crippen LogP contribution in [0.25, 0.3) is 17.0 Å². The van der Waals surface area contributed by atoms with Crippen molar-refractivity contribution in [3.05, 3.63) is 77.5 Å². The lowest BCUT2D eigenvalue weighted by Gasteiger charge is -2.32. The van der Waals surface area contributed by atoms with E-state index in [9.17, 15) is 9.59 Å². The van der Waals surface area contributed by atoms with E-state index in [0.717, 1.165) is 17.3 Å². The zero-order valence-corrected chi connectivity index (χ0v) is 15.3. The number of fused-ring (bicyclic) bond motifs is 1. The second-order valence-electron chi connectivity index (χ2n) is 7.11. The van der Waals surface area contributed by atoms with E-state index in [1.807, 2.05) is 42.5 Å². The smallest absolute Gasteiger partial charge is 0.295 e. The first-order valence-corrected chi connectivity index (χ1v) is 9.28. The van der Waals surface area contributed by atoms with Crippen molar-refractivity contribution in [1.82, 2.24) is 9.88 Å². The Morgan fingerprint density at radius 3 is 2.59 bits per heavy atom. The molecule has 0 spiro atoms. The topological polar surface area (TPSA) is 53.2 Å². The summed E-state index contributed by atoms with van der Waals surface area (Å²) in [5.41, 5.74) is 3.82. The van der Waals surface area contributed by atoms with Gasteiger partial charge >= 0.3 is 0 Å². The van der Waals surface area contributed by atoms with Crippen LogP contribution in [0.2, 0.25) is 0 Å². The molecule has 1 fully saturated rings. The molecule has 4 heteroatoms. The molecule has 0 aliphatic carbocycles. The number of rotatable bonds is 3. The Morgan fingerprint density at radius 1 is 1.07 bits per heavy atom. The van der Waals surface area contributed by atoms with Crippen LogP contribution in [0.15, 0.2) is 66.4 Å². The molecule has 1 amide bonds. The zero-order chi connectivity index (χ0) is 18.8. The average molecular weight is 358 g/mol. The minimum absolute atomic E-state index is 0.235. The van der Waals surface area contributed by atoms with Crippen molar-refractivity contribution in [3.8, 4) is 0 Å². The molecule has 1 N–H and O–H groups in total. The highest BCUT2D eigenvalue weighted by Gasteiger charge is 2.30. The van der Waals surface area contributed by atoms with E-state index in [1.54, 1.807) is 11.1 Å². The number of Topliss-reactive ketones (excluding diaryl/α,β-unsaturated/α-hetero) is 1. The van der Waals surface area contributed by atoms with Gasteiger partial charge in [-0.05, 0) is 24.0 Å². The van der Waals surface area contributed by atoms with Crippen LogP contribution < -0.4 is 0 Å². The Kier molecular flexibility index (Phi) is 4.63. The summed E-state index contributed by atoms with van der Waals surface area (Å²) in [5, 5.41) is 0.797. The molecule has 1 aliphatic rings. The van der Waals surface area contributed by atoms with Gasteiger partial charge in [-0.3, -0.25) is 9.59 Å². The number of benzene rings is 2. The number of hydrogen-bond acceptors (Lipinski definition) is 2. The summed E-state index contributed by atoms with van der Waals surface area (Å²) in [5.74, 6) is -0.612. The Hall–Kier alpha value is -3.14. The van der Waals surface area contributed by atoms with Crippen LogP contribution in [0.4, 0.5) is 0 Å². The normalized spacial score (nSPS) is 18.8. The molecule has 4 nitrogen and oxygen atoms in total. The monoisotopic (exact) mass is 358 g/mol. The first kappa shape index (κ1) is 17.3. The van der Waals surface area contributed by atoms with E-state index in [0.29, 0.717) is 18.7 Å². The molecule has 1 aliphatic heterocycles. The predicted octanol–water partition coefficient (Wildman–Crippen LogP) is 4.30. The van der Waals surface area contributed by atoms with Gasteiger partial charge in [0.2, 0.25) is 0 Å². The molecule has 3 aromatic rings. The summed E-state index contributed by atoms with van der Waals surface area (Å²) in [6.45, 7) is 3.27. The number of hydrogen-bond donors (Lipinski definition) is 1. The number of amides is 1. The van der Waals surface area contributed by atoms with Crippen molar-refractivity contribution in [1.29, 1.82) is 0 Å². The van der Waals surface area contributed by atoms with Gasteiger partial charge < -0.3 is 9.88 Å². The molecule has 2 aromatic carbocycles. The number of para-hydroxylation sites is 1. The molecular formula is C23H22N2O2. The third-order valence-corrected chi connectivity index (χ3v) is 5.26. The van der Waals surface area contributed by atoms with Crippen LogP contribution in [0.3, 0.4) is 0 Å². The van der Waals surface area contributed by atoms with Gasteiger partial charge in [0.25, 0.3) is 11.7 Å². The summed E-state index contributed by atoms with van der Waals surface area (Å²) in [6, 6.07) is 17.8. The van der Waals surface area contributed by atoms with E-state index in [4.69, 9.17) is 0 Å². The molecular weight excluding hydrogens is 336 g/mol. The Morgan fingerprint density at radius 2 is 1.81 bits per heavy atom. The van der Waals surface area contributed by atoms with E-state index in [2.05, 4.69) is 30.1 Å². The largest absolute Gasteiger partial charge is 0.360 e. The van der Waals surface area contributed by atoms with Gasteiger partial charge in [0.15, 0.2) is 0 Å². The van der Waals surface area contributed by atoms with Gasteiger partial charge in [0.1, 0.15) is 0 Å². The molecule has 1 saturated heterocycles. The highest BCUT2D eigenvalue weighted by atomic mass is 16.2. The maximum Gasteiger partial charge on any atom is 0.295 e. The molecule has 136 valence electrons. The van der Waals surface area contributed by atoms with Crippen molar-refractivity contribution in [2.24, 2.45) is 5.92 Å².